The van der Waals surface area contributed by atoms with E-state index < -0.39 is 0 Å². The number of hydrogen-bond acceptors (Lipinski definition) is 1. The van der Waals surface area contributed by atoms with E-state index in [4.69, 9.17) is 4.74 Å². The Morgan fingerprint density at radius 2 is 2.14 bits per heavy atom. The molecular formula is C13H14O. The van der Waals surface area contributed by atoms with Gasteiger partial charge in [-0.05, 0) is 12.5 Å². The van der Waals surface area contributed by atoms with E-state index in [1.165, 1.54) is 5.56 Å². The summed E-state index contributed by atoms with van der Waals surface area (Å²) in [4.78, 5) is 0. The third kappa shape index (κ3) is 0.899. The average molecular weight is 186 g/mol. The molecule has 0 amide bonds. The maximum atomic E-state index is 5.96. The van der Waals surface area contributed by atoms with E-state index in [1.54, 1.807) is 0 Å². The number of fused-ring (bicyclic) bond motifs is 3. The van der Waals surface area contributed by atoms with E-state index >= 15 is 0 Å². The van der Waals surface area contributed by atoms with Crippen molar-refractivity contribution in [3.05, 3.63) is 42.0 Å². The average Bonchev–Trinajstić information content (AvgIpc) is 2.51. The molecule has 2 unspecified atom stereocenters. The van der Waals surface area contributed by atoms with Crippen molar-refractivity contribution in [2.75, 3.05) is 0 Å². The van der Waals surface area contributed by atoms with Crippen LogP contribution < -0.4 is 4.74 Å². The van der Waals surface area contributed by atoms with E-state index in [0.29, 0.717) is 6.10 Å². The molecule has 0 radical (unpaired) electrons. The quantitative estimate of drug-likeness (QED) is 0.566. The highest BCUT2D eigenvalue weighted by molar-refractivity contribution is 5.46. The lowest BCUT2D eigenvalue weighted by atomic mass is 9.73. The Bertz CT molecular complexity index is 394. The van der Waals surface area contributed by atoms with Crippen molar-refractivity contribution in [2.45, 2.75) is 31.3 Å². The lowest BCUT2D eigenvalue weighted by Gasteiger charge is -2.31. The third-order valence-corrected chi connectivity index (χ3v) is 3.54. The van der Waals surface area contributed by atoms with Crippen LogP contribution in [0.5, 0.6) is 5.75 Å². The van der Waals surface area contributed by atoms with E-state index in [-0.39, 0.29) is 5.41 Å². The fourth-order valence-corrected chi connectivity index (χ4v) is 2.60. The summed E-state index contributed by atoms with van der Waals surface area (Å²) in [6, 6.07) is 8.44. The number of ether oxygens (including phenoxy) is 1. The van der Waals surface area contributed by atoms with E-state index in [2.05, 4.69) is 37.3 Å². The first-order chi connectivity index (χ1) is 6.81. The number of rotatable bonds is 0. The van der Waals surface area contributed by atoms with Gasteiger partial charge in [-0.1, -0.05) is 37.3 Å². The largest absolute Gasteiger partial charge is 0.489 e. The summed E-state index contributed by atoms with van der Waals surface area (Å²) in [5.74, 6) is 1.09. The fraction of sp³-hybridized carbons (Fsp3) is 0.385. The highest BCUT2D eigenvalue weighted by atomic mass is 16.5. The lowest BCUT2D eigenvalue weighted by molar-refractivity contribution is 0.153. The lowest BCUT2D eigenvalue weighted by Crippen LogP contribution is -2.36. The molecule has 0 fully saturated rings. The number of para-hydroxylation sites is 1. The molecule has 0 aromatic heterocycles. The van der Waals surface area contributed by atoms with Gasteiger partial charge in [-0.2, -0.15) is 0 Å². The van der Waals surface area contributed by atoms with Gasteiger partial charge in [0.05, 0.1) is 0 Å². The van der Waals surface area contributed by atoms with E-state index in [0.717, 1.165) is 18.6 Å². The summed E-state index contributed by atoms with van der Waals surface area (Å²) < 4.78 is 5.96. The molecule has 2 atom stereocenters. The van der Waals surface area contributed by atoms with E-state index in [1.807, 2.05) is 6.07 Å². The van der Waals surface area contributed by atoms with Crippen LogP contribution in [0.25, 0.3) is 0 Å². The van der Waals surface area contributed by atoms with Gasteiger partial charge in [-0.3, -0.25) is 0 Å². The molecule has 1 aliphatic carbocycles. The fourth-order valence-electron chi connectivity index (χ4n) is 2.60. The van der Waals surface area contributed by atoms with Gasteiger partial charge in [-0.15, -0.1) is 0 Å². The second kappa shape index (κ2) is 2.63. The molecule has 72 valence electrons. The molecule has 0 spiro atoms. The van der Waals surface area contributed by atoms with Gasteiger partial charge in [0.1, 0.15) is 11.9 Å². The Hall–Kier alpha value is -1.24. The van der Waals surface area contributed by atoms with Crippen molar-refractivity contribution in [1.29, 1.82) is 0 Å². The minimum atomic E-state index is 0.214. The number of benzene rings is 1. The minimum absolute atomic E-state index is 0.214. The monoisotopic (exact) mass is 186 g/mol. The zero-order valence-corrected chi connectivity index (χ0v) is 8.36. The van der Waals surface area contributed by atoms with Crippen molar-refractivity contribution < 1.29 is 4.74 Å². The Morgan fingerprint density at radius 1 is 1.29 bits per heavy atom. The van der Waals surface area contributed by atoms with Crippen LogP contribution in [0.1, 0.15) is 25.3 Å². The third-order valence-electron chi connectivity index (χ3n) is 3.54. The van der Waals surface area contributed by atoms with Crippen molar-refractivity contribution in [3.8, 4) is 5.75 Å². The normalized spacial score (nSPS) is 33.4. The van der Waals surface area contributed by atoms with Crippen LogP contribution in [0.15, 0.2) is 36.4 Å². The van der Waals surface area contributed by atoms with Crippen molar-refractivity contribution in [2.24, 2.45) is 0 Å². The molecule has 1 aromatic carbocycles. The molecule has 3 rings (SSSR count). The van der Waals surface area contributed by atoms with Crippen LogP contribution in [0, 0.1) is 0 Å². The van der Waals surface area contributed by atoms with Crippen LogP contribution >= 0.6 is 0 Å². The topological polar surface area (TPSA) is 9.23 Å². The zero-order valence-electron chi connectivity index (χ0n) is 8.36. The van der Waals surface area contributed by atoms with Gasteiger partial charge in [0, 0.05) is 17.4 Å². The molecule has 1 heterocycles. The first-order valence-electron chi connectivity index (χ1n) is 5.22. The summed E-state index contributed by atoms with van der Waals surface area (Å²) >= 11 is 0. The van der Waals surface area contributed by atoms with Gasteiger partial charge >= 0.3 is 0 Å². The SMILES string of the molecule is CC12CC=CCC1Oc1ccccc12. The van der Waals surface area contributed by atoms with E-state index in [9.17, 15) is 0 Å². The first kappa shape index (κ1) is 8.10. The van der Waals surface area contributed by atoms with Crippen LogP contribution in [0.4, 0.5) is 0 Å². The highest BCUT2D eigenvalue weighted by Gasteiger charge is 2.44. The molecule has 0 saturated carbocycles. The van der Waals surface area contributed by atoms with Crippen LogP contribution in [-0.4, -0.2) is 6.10 Å². The van der Waals surface area contributed by atoms with Crippen LogP contribution in [0.3, 0.4) is 0 Å². The Labute approximate surface area is 84.4 Å². The predicted molar refractivity (Wildman–Crippen MR) is 56.6 cm³/mol. The molecule has 0 bridgehead atoms. The first-order valence-corrected chi connectivity index (χ1v) is 5.22. The Balaban J connectivity index is 2.14. The smallest absolute Gasteiger partial charge is 0.123 e. The highest BCUT2D eigenvalue weighted by Crippen LogP contribution is 2.47. The molecule has 2 aliphatic rings. The maximum absolute atomic E-state index is 5.96. The molecule has 1 nitrogen and oxygen atoms in total. The predicted octanol–water partition coefficient (Wildman–Crippen LogP) is 3.06. The summed E-state index contributed by atoms with van der Waals surface area (Å²) in [5.41, 5.74) is 1.60. The zero-order chi connectivity index (χ0) is 9.60. The van der Waals surface area contributed by atoms with Gasteiger partial charge < -0.3 is 4.74 Å². The Morgan fingerprint density at radius 3 is 3.07 bits per heavy atom. The van der Waals surface area contributed by atoms with Gasteiger partial charge in [0.15, 0.2) is 0 Å². The molecule has 1 heteroatoms. The summed E-state index contributed by atoms with van der Waals surface area (Å²) in [7, 11) is 0. The Kier molecular flexibility index (Phi) is 1.52. The molecule has 14 heavy (non-hydrogen) atoms. The van der Waals surface area contributed by atoms with Crippen LogP contribution in [-0.2, 0) is 5.41 Å². The molecule has 1 aliphatic heterocycles. The molecule has 1 aromatic rings. The number of allylic oxidation sites excluding steroid dienone is 1. The summed E-state index contributed by atoms with van der Waals surface area (Å²) in [6.07, 6.45) is 7.02. The summed E-state index contributed by atoms with van der Waals surface area (Å²) in [6.45, 7) is 2.31. The van der Waals surface area contributed by atoms with Gasteiger partial charge in [0.25, 0.3) is 0 Å². The van der Waals surface area contributed by atoms with Crippen molar-refractivity contribution >= 4 is 0 Å². The molecule has 0 saturated heterocycles. The second-order valence-electron chi connectivity index (χ2n) is 4.43. The standard InChI is InChI=1S/C13H14O/c1-13-9-5-4-8-12(13)14-11-7-3-2-6-10(11)13/h2-7,12H,8-9H2,1H3. The van der Waals surface area contributed by atoms with Gasteiger partial charge in [0.2, 0.25) is 0 Å². The van der Waals surface area contributed by atoms with Crippen LogP contribution in [0.2, 0.25) is 0 Å². The van der Waals surface area contributed by atoms with Gasteiger partial charge in [-0.25, -0.2) is 0 Å². The van der Waals surface area contributed by atoms with Crippen molar-refractivity contribution in [3.63, 3.8) is 0 Å². The molecular weight excluding hydrogens is 172 g/mol. The number of hydrogen-bond donors (Lipinski definition) is 0. The second-order valence-corrected chi connectivity index (χ2v) is 4.43. The summed E-state index contributed by atoms with van der Waals surface area (Å²) in [5, 5.41) is 0. The van der Waals surface area contributed by atoms with Crippen molar-refractivity contribution in [1.82, 2.24) is 0 Å². The maximum Gasteiger partial charge on any atom is 0.123 e. The minimum Gasteiger partial charge on any atom is -0.489 e. The molecule has 0 N–H and O–H groups in total.